The summed E-state index contributed by atoms with van der Waals surface area (Å²) in [6.07, 6.45) is 0. The van der Waals surface area contributed by atoms with Crippen LogP contribution in [0.5, 0.6) is 0 Å². The molecule has 0 saturated heterocycles. The van der Waals surface area contributed by atoms with E-state index in [0.717, 1.165) is 6.07 Å². The third-order valence-electron chi connectivity index (χ3n) is 2.85. The third kappa shape index (κ3) is 2.80. The maximum absolute atomic E-state index is 13.9. The van der Waals surface area contributed by atoms with Crippen LogP contribution in [-0.4, -0.2) is 12.8 Å². The summed E-state index contributed by atoms with van der Waals surface area (Å²) in [5, 5.41) is 4.13. The molecule has 1 aromatic heterocycles. The molecule has 0 aliphatic carbocycles. The van der Waals surface area contributed by atoms with E-state index in [-0.39, 0.29) is 10.4 Å². The Morgan fingerprint density at radius 1 is 1.39 bits per heavy atom. The van der Waals surface area contributed by atoms with Gasteiger partial charge in [-0.15, -0.1) is 0 Å². The predicted molar refractivity (Wildman–Crippen MR) is 72.0 cm³/mol. The molecule has 0 radical (unpaired) electrons. The van der Waals surface area contributed by atoms with Crippen LogP contribution in [-0.2, 0) is 19.8 Å². The van der Waals surface area contributed by atoms with Gasteiger partial charge in [0, 0.05) is 5.56 Å². The normalized spacial score (nSPS) is 12.2. The van der Waals surface area contributed by atoms with Gasteiger partial charge in [-0.05, 0) is 34.6 Å². The molecule has 0 amide bonds. The zero-order chi connectivity index (χ0) is 17.4. The lowest BCUT2D eigenvalue weighted by molar-refractivity contribution is -0.0298. The summed E-state index contributed by atoms with van der Waals surface area (Å²) in [5.74, 6) is -0.801. The van der Waals surface area contributed by atoms with Crippen LogP contribution in [0.25, 0.3) is 10.4 Å². The highest BCUT2D eigenvalue weighted by molar-refractivity contribution is 7.87. The van der Waals surface area contributed by atoms with E-state index in [9.17, 15) is 26.1 Å². The van der Waals surface area contributed by atoms with E-state index in [1.807, 2.05) is 0 Å². The lowest BCUT2D eigenvalue weighted by Crippen LogP contribution is -2.27. The minimum Gasteiger partial charge on any atom is -0.206 e. The average Bonchev–Trinajstić information content (AvgIpc) is 2.91. The van der Waals surface area contributed by atoms with Gasteiger partial charge in [0.1, 0.15) is 17.4 Å². The van der Waals surface area contributed by atoms with Crippen molar-refractivity contribution in [2.24, 2.45) is 0 Å². The Hall–Kier alpha value is -2.03. The first-order chi connectivity index (χ1) is 10.7. The van der Waals surface area contributed by atoms with Crippen LogP contribution in [0.4, 0.5) is 17.7 Å². The van der Waals surface area contributed by atoms with Crippen LogP contribution in [0.2, 0.25) is 0 Å². The van der Waals surface area contributed by atoms with Gasteiger partial charge in [-0.25, -0.2) is 4.39 Å². The van der Waals surface area contributed by atoms with Crippen LogP contribution >= 0.6 is 11.5 Å². The fourth-order valence-electron chi connectivity index (χ4n) is 1.74. The zero-order valence-electron chi connectivity index (χ0n) is 11.2. The molecule has 11 heteroatoms. The summed E-state index contributed by atoms with van der Waals surface area (Å²) in [5.41, 5.74) is -2.04. The molecule has 0 bridgehead atoms. The molecule has 1 heterocycles. The van der Waals surface area contributed by atoms with Gasteiger partial charge in [0.2, 0.25) is 0 Å². The lowest BCUT2D eigenvalue weighted by Gasteiger charge is -2.11. The monoisotopic (exact) mass is 366 g/mol. The van der Waals surface area contributed by atoms with Crippen molar-refractivity contribution in [3.8, 4) is 16.5 Å². The van der Waals surface area contributed by atoms with Crippen molar-refractivity contribution >= 4 is 21.7 Å². The molecule has 23 heavy (non-hydrogen) atoms. The molecule has 2 rings (SSSR count). The number of rotatable bonds is 4. The second-order valence-electron chi connectivity index (χ2n) is 4.36. The fourth-order valence-corrected chi connectivity index (χ4v) is 3.15. The first-order valence-corrected chi connectivity index (χ1v) is 7.93. The fraction of sp³-hybridized carbons (Fsp3) is 0.167. The van der Waals surface area contributed by atoms with Gasteiger partial charge >= 0.3 is 15.4 Å². The third-order valence-corrected chi connectivity index (χ3v) is 4.71. The van der Waals surface area contributed by atoms with E-state index in [2.05, 4.69) is 8.76 Å². The minimum atomic E-state index is -5.97. The molecule has 2 aromatic rings. The van der Waals surface area contributed by atoms with Gasteiger partial charge in [0.15, 0.2) is 5.69 Å². The van der Waals surface area contributed by atoms with Crippen molar-refractivity contribution in [2.75, 3.05) is 0 Å². The summed E-state index contributed by atoms with van der Waals surface area (Å²) in [6, 6.07) is 5.16. The number of aromatic nitrogens is 1. The zero-order valence-corrected chi connectivity index (χ0v) is 12.8. The molecule has 0 saturated carbocycles. The first-order valence-electron chi connectivity index (χ1n) is 5.75. The Bertz CT molecular complexity index is 904. The smallest absolute Gasteiger partial charge is 0.206 e. The molecule has 0 fully saturated rings. The largest absolute Gasteiger partial charge is 0.416 e. The summed E-state index contributed by atoms with van der Waals surface area (Å²) >= 11 is 0.292. The van der Waals surface area contributed by atoms with Crippen molar-refractivity contribution in [1.82, 2.24) is 4.37 Å². The van der Waals surface area contributed by atoms with E-state index >= 15 is 0 Å². The standard InChI is InChI=1S/C12H6F4N2O3S2/c1-6-2-3-7(9(13)4-6)10-8(5-17)11(18-22-10)12(14,15)23(19,20)21-16/h2-4H,1H3. The van der Waals surface area contributed by atoms with Crippen LogP contribution in [0, 0.1) is 24.1 Å². The topological polar surface area (TPSA) is 80.1 Å². The highest BCUT2D eigenvalue weighted by atomic mass is 32.2. The Kier molecular flexibility index (Phi) is 4.43. The number of nitriles is 1. The van der Waals surface area contributed by atoms with Gasteiger partial charge < -0.3 is 0 Å². The number of nitrogens with zero attached hydrogens (tertiary/aromatic N) is 2. The number of hydrogen-bond acceptors (Lipinski definition) is 6. The van der Waals surface area contributed by atoms with E-state index < -0.39 is 32.4 Å². The van der Waals surface area contributed by atoms with Gasteiger partial charge in [-0.3, -0.25) is 0 Å². The Balaban J connectivity index is 2.69. The molecule has 0 unspecified atom stereocenters. The van der Waals surface area contributed by atoms with Crippen molar-refractivity contribution in [1.29, 1.82) is 5.26 Å². The first kappa shape index (κ1) is 17.3. The number of benzene rings is 1. The molecular formula is C12H6F4N2O3S2. The molecule has 0 aliphatic heterocycles. The maximum atomic E-state index is 13.9. The quantitative estimate of drug-likeness (QED) is 0.775. The van der Waals surface area contributed by atoms with Crippen molar-refractivity contribution in [2.45, 2.75) is 12.2 Å². The minimum absolute atomic E-state index is 0.203. The average molecular weight is 366 g/mol. The predicted octanol–water partition coefficient (Wildman–Crippen LogP) is 3.41. The summed E-state index contributed by atoms with van der Waals surface area (Å²) in [7, 11) is -5.97. The number of hydrogen-bond donors (Lipinski definition) is 0. The molecule has 5 nitrogen and oxygen atoms in total. The lowest BCUT2D eigenvalue weighted by atomic mass is 10.1. The summed E-state index contributed by atoms with van der Waals surface area (Å²) in [6.45, 7) is 1.59. The van der Waals surface area contributed by atoms with Gasteiger partial charge in [0.25, 0.3) is 0 Å². The molecule has 0 N–H and O–H groups in total. The number of alkyl halides is 2. The van der Waals surface area contributed by atoms with E-state index in [1.165, 1.54) is 18.2 Å². The van der Waals surface area contributed by atoms with Gasteiger partial charge in [-0.1, -0.05) is 16.5 Å². The number of aryl methyl sites for hydroxylation is 1. The molecular weight excluding hydrogens is 360 g/mol. The summed E-state index contributed by atoms with van der Waals surface area (Å²) < 4.78 is 80.9. The van der Waals surface area contributed by atoms with Crippen LogP contribution in [0.1, 0.15) is 16.8 Å². The molecule has 122 valence electrons. The molecule has 1 aromatic carbocycles. The number of halogens is 4. The maximum Gasteiger partial charge on any atom is 0.416 e. The second kappa shape index (κ2) is 5.88. The van der Waals surface area contributed by atoms with Crippen molar-refractivity contribution in [3.63, 3.8) is 0 Å². The molecule has 0 spiro atoms. The Labute approximate surface area is 131 Å². The van der Waals surface area contributed by atoms with Crippen molar-refractivity contribution in [3.05, 3.63) is 40.8 Å². The highest BCUT2D eigenvalue weighted by Crippen LogP contribution is 2.42. The van der Waals surface area contributed by atoms with Gasteiger partial charge in [-0.2, -0.15) is 26.8 Å². The SMILES string of the molecule is Cc1ccc(-c2snc(C(F)(F)S(=O)(=O)OF)c2C#N)c(F)c1. The van der Waals surface area contributed by atoms with E-state index in [4.69, 9.17) is 5.26 Å². The Morgan fingerprint density at radius 2 is 2.04 bits per heavy atom. The molecule has 0 aliphatic rings. The van der Waals surface area contributed by atoms with E-state index in [0.29, 0.717) is 17.1 Å². The van der Waals surface area contributed by atoms with Crippen molar-refractivity contribution < 1.29 is 30.5 Å². The van der Waals surface area contributed by atoms with Crippen LogP contribution in [0.3, 0.4) is 0 Å². The van der Waals surface area contributed by atoms with E-state index in [1.54, 1.807) is 6.92 Å². The van der Waals surface area contributed by atoms with Crippen LogP contribution in [0.15, 0.2) is 18.2 Å². The Morgan fingerprint density at radius 3 is 2.57 bits per heavy atom. The van der Waals surface area contributed by atoms with Crippen LogP contribution < -0.4 is 0 Å². The summed E-state index contributed by atoms with van der Waals surface area (Å²) in [4.78, 5) is -0.297. The highest BCUT2D eigenvalue weighted by Gasteiger charge is 2.53. The molecule has 0 atom stereocenters. The second-order valence-corrected chi connectivity index (χ2v) is 6.68. The van der Waals surface area contributed by atoms with Gasteiger partial charge in [0.05, 0.1) is 4.88 Å².